The Hall–Kier alpha value is -6.30. The van der Waals surface area contributed by atoms with Crippen LogP contribution in [0.1, 0.15) is 28.2 Å². The number of fused-ring (bicyclic) bond motifs is 2. The van der Waals surface area contributed by atoms with E-state index in [4.69, 9.17) is 8.83 Å². The summed E-state index contributed by atoms with van der Waals surface area (Å²) in [5, 5.41) is 53.6. The number of para-hydroxylation sites is 2. The maximum atomic E-state index is 13.4. The lowest BCUT2D eigenvalue weighted by Gasteiger charge is -2.20. The van der Waals surface area contributed by atoms with E-state index in [1.807, 2.05) is 0 Å². The van der Waals surface area contributed by atoms with E-state index in [1.165, 1.54) is 60.7 Å². The lowest BCUT2D eigenvalue weighted by molar-refractivity contribution is -0.384. The number of nitrogens with zero attached hydrogens (tertiary/aromatic N) is 3. The molecule has 0 bridgehead atoms. The van der Waals surface area contributed by atoms with Gasteiger partial charge in [0.1, 0.15) is 28.4 Å². The standard InChI is InChI=1S/C32H21N3O9/c1-16-14-18(35(41)42)11-12-22(16)34-33-17-10-13-23(36)21(15-17)26(27-29(37)19-6-2-4-8-24(19)43-31(27)39)28-30(38)20-7-3-5-9-25(20)44-32(28)40/h2-15,26,36-38H,1H3. The number of phenolic OH excluding ortho intramolecular Hbond substituents is 1. The van der Waals surface area contributed by atoms with Gasteiger partial charge in [-0.2, -0.15) is 10.2 Å². The minimum Gasteiger partial charge on any atom is -0.508 e. The van der Waals surface area contributed by atoms with E-state index < -0.39 is 50.5 Å². The fourth-order valence-corrected chi connectivity index (χ4v) is 5.07. The van der Waals surface area contributed by atoms with Crippen LogP contribution in [0.15, 0.2) is 114 Å². The number of azo groups is 1. The Kier molecular flexibility index (Phi) is 6.86. The molecule has 0 amide bonds. The third-order valence-corrected chi connectivity index (χ3v) is 7.20. The van der Waals surface area contributed by atoms with Gasteiger partial charge in [-0.15, -0.1) is 0 Å². The lowest BCUT2D eigenvalue weighted by atomic mass is 9.84. The van der Waals surface area contributed by atoms with Crippen molar-refractivity contribution in [2.45, 2.75) is 12.8 Å². The summed E-state index contributed by atoms with van der Waals surface area (Å²) in [6.07, 6.45) is 0. The number of aryl methyl sites for hydroxylation is 1. The van der Waals surface area contributed by atoms with Crippen molar-refractivity contribution in [1.82, 2.24) is 0 Å². The Morgan fingerprint density at radius 2 is 1.32 bits per heavy atom. The number of nitro benzene ring substituents is 1. The summed E-state index contributed by atoms with van der Waals surface area (Å²) in [7, 11) is 0. The first-order chi connectivity index (χ1) is 21.1. The first-order valence-corrected chi connectivity index (χ1v) is 13.1. The van der Waals surface area contributed by atoms with E-state index in [-0.39, 0.29) is 38.9 Å². The summed E-state index contributed by atoms with van der Waals surface area (Å²) in [6, 6.07) is 20.5. The van der Waals surface area contributed by atoms with Crippen molar-refractivity contribution in [3.63, 3.8) is 0 Å². The van der Waals surface area contributed by atoms with Crippen LogP contribution in [0.2, 0.25) is 0 Å². The number of phenols is 1. The number of hydrogen-bond acceptors (Lipinski definition) is 11. The molecule has 2 heterocycles. The molecule has 0 radical (unpaired) electrons. The van der Waals surface area contributed by atoms with Crippen molar-refractivity contribution in [3.05, 3.63) is 138 Å². The summed E-state index contributed by atoms with van der Waals surface area (Å²) >= 11 is 0. The fraction of sp³-hybridized carbons (Fsp3) is 0.0625. The van der Waals surface area contributed by atoms with Gasteiger partial charge in [-0.1, -0.05) is 24.3 Å². The van der Waals surface area contributed by atoms with Crippen LogP contribution in [0, 0.1) is 17.0 Å². The molecule has 0 atom stereocenters. The molecule has 12 heteroatoms. The van der Waals surface area contributed by atoms with Crippen molar-refractivity contribution in [2.24, 2.45) is 10.2 Å². The first kappa shape index (κ1) is 27.8. The van der Waals surface area contributed by atoms with Gasteiger partial charge in [-0.05, 0) is 61.0 Å². The summed E-state index contributed by atoms with van der Waals surface area (Å²) in [6.45, 7) is 1.63. The molecule has 218 valence electrons. The van der Waals surface area contributed by atoms with Gasteiger partial charge >= 0.3 is 11.3 Å². The van der Waals surface area contributed by atoms with Crippen LogP contribution in [0.25, 0.3) is 21.9 Å². The monoisotopic (exact) mass is 591 g/mol. The molecule has 0 aliphatic rings. The number of benzene rings is 4. The largest absolute Gasteiger partial charge is 0.508 e. The zero-order valence-corrected chi connectivity index (χ0v) is 22.8. The van der Waals surface area contributed by atoms with Gasteiger partial charge in [-0.3, -0.25) is 10.1 Å². The SMILES string of the molecule is Cc1cc([N+](=O)[O-])ccc1N=Nc1ccc(O)c(C(c2c(O)c3ccccc3oc2=O)c2c(O)c3ccccc3oc2=O)c1. The van der Waals surface area contributed by atoms with Crippen LogP contribution < -0.4 is 11.3 Å². The van der Waals surface area contributed by atoms with E-state index in [2.05, 4.69) is 10.2 Å². The van der Waals surface area contributed by atoms with E-state index in [0.29, 0.717) is 11.3 Å². The van der Waals surface area contributed by atoms with Gasteiger partial charge in [0.25, 0.3) is 5.69 Å². The van der Waals surface area contributed by atoms with Gasteiger partial charge in [0, 0.05) is 17.7 Å². The maximum Gasteiger partial charge on any atom is 0.344 e. The third kappa shape index (κ3) is 4.79. The van der Waals surface area contributed by atoms with Gasteiger partial charge in [0.2, 0.25) is 0 Å². The van der Waals surface area contributed by atoms with Crippen LogP contribution in [-0.4, -0.2) is 20.2 Å². The first-order valence-electron chi connectivity index (χ1n) is 13.1. The van der Waals surface area contributed by atoms with E-state index in [1.54, 1.807) is 31.2 Å². The average Bonchev–Trinajstić information content (AvgIpc) is 3.00. The highest BCUT2D eigenvalue weighted by atomic mass is 16.6. The summed E-state index contributed by atoms with van der Waals surface area (Å²) < 4.78 is 11.0. The molecule has 0 aliphatic carbocycles. The van der Waals surface area contributed by atoms with Crippen molar-refractivity contribution in [3.8, 4) is 17.2 Å². The maximum absolute atomic E-state index is 13.4. The van der Waals surface area contributed by atoms with E-state index >= 15 is 0 Å². The Labute approximate surface area is 246 Å². The molecule has 0 saturated carbocycles. The molecule has 4 aromatic carbocycles. The Morgan fingerprint density at radius 3 is 1.86 bits per heavy atom. The zero-order chi connectivity index (χ0) is 31.1. The van der Waals surface area contributed by atoms with Crippen molar-refractivity contribution in [2.75, 3.05) is 0 Å². The molecule has 2 aromatic heterocycles. The van der Waals surface area contributed by atoms with Gasteiger partial charge in [-0.25, -0.2) is 9.59 Å². The number of non-ortho nitro benzene ring substituents is 1. The second kappa shape index (κ2) is 10.8. The Balaban J connectivity index is 1.59. The average molecular weight is 592 g/mol. The quantitative estimate of drug-likeness (QED) is 0.0806. The van der Waals surface area contributed by atoms with Crippen molar-refractivity contribution in [1.29, 1.82) is 0 Å². The molecular weight excluding hydrogens is 570 g/mol. The minimum atomic E-state index is -1.59. The normalized spacial score (nSPS) is 11.6. The molecule has 0 fully saturated rings. The summed E-state index contributed by atoms with van der Waals surface area (Å²) in [5.41, 5.74) is -1.99. The molecule has 44 heavy (non-hydrogen) atoms. The topological polar surface area (TPSA) is 189 Å². The number of rotatable bonds is 6. The molecule has 0 aliphatic heterocycles. The van der Waals surface area contributed by atoms with Crippen LogP contribution in [-0.2, 0) is 0 Å². The van der Waals surface area contributed by atoms with Crippen molar-refractivity contribution >= 4 is 39.0 Å². The molecule has 6 rings (SSSR count). The highest BCUT2D eigenvalue weighted by Crippen LogP contribution is 2.45. The fourth-order valence-electron chi connectivity index (χ4n) is 5.07. The lowest BCUT2D eigenvalue weighted by Crippen LogP contribution is -2.21. The summed E-state index contributed by atoms with van der Waals surface area (Å²) in [4.78, 5) is 37.4. The van der Waals surface area contributed by atoms with Crippen LogP contribution in [0.5, 0.6) is 17.2 Å². The highest BCUT2D eigenvalue weighted by molar-refractivity contribution is 5.87. The second-order valence-electron chi connectivity index (χ2n) is 9.90. The van der Waals surface area contributed by atoms with E-state index in [9.17, 15) is 35.0 Å². The molecule has 3 N–H and O–H groups in total. The predicted molar refractivity (Wildman–Crippen MR) is 159 cm³/mol. The van der Waals surface area contributed by atoms with Crippen molar-refractivity contribution < 1.29 is 29.1 Å². The van der Waals surface area contributed by atoms with Crippen LogP contribution in [0.4, 0.5) is 17.1 Å². The summed E-state index contributed by atoms with van der Waals surface area (Å²) in [5.74, 6) is -3.05. The Morgan fingerprint density at radius 1 is 0.750 bits per heavy atom. The predicted octanol–water partition coefficient (Wildman–Crippen LogP) is 6.83. The highest BCUT2D eigenvalue weighted by Gasteiger charge is 2.34. The molecule has 6 aromatic rings. The van der Waals surface area contributed by atoms with Gasteiger partial charge in [0.05, 0.1) is 44.1 Å². The molecule has 0 spiro atoms. The third-order valence-electron chi connectivity index (χ3n) is 7.20. The zero-order valence-electron chi connectivity index (χ0n) is 22.8. The molecule has 0 saturated heterocycles. The van der Waals surface area contributed by atoms with E-state index in [0.717, 1.165) is 0 Å². The molecule has 0 unspecified atom stereocenters. The Bertz CT molecular complexity index is 2170. The minimum absolute atomic E-state index is 0.0810. The van der Waals surface area contributed by atoms with Gasteiger partial charge < -0.3 is 24.2 Å². The van der Waals surface area contributed by atoms with Crippen LogP contribution >= 0.6 is 0 Å². The number of hydrogen-bond donors (Lipinski definition) is 3. The molecular formula is C32H21N3O9. The molecule has 12 nitrogen and oxygen atoms in total. The number of aromatic hydroxyl groups is 3. The smallest absolute Gasteiger partial charge is 0.344 e. The number of nitro groups is 1. The van der Waals surface area contributed by atoms with Crippen LogP contribution in [0.3, 0.4) is 0 Å². The second-order valence-corrected chi connectivity index (χ2v) is 9.90. The van der Waals surface area contributed by atoms with Gasteiger partial charge in [0.15, 0.2) is 0 Å².